The van der Waals surface area contributed by atoms with Gasteiger partial charge in [0.15, 0.2) is 0 Å². The number of likely N-dealkylation sites (N-methyl/N-ethyl adjacent to an activating group) is 1. The summed E-state index contributed by atoms with van der Waals surface area (Å²) in [5.74, 6) is 0.0774. The molecule has 0 aliphatic carbocycles. The Morgan fingerprint density at radius 3 is 2.64 bits per heavy atom. The third-order valence-electron chi connectivity index (χ3n) is 5.89. The average molecular weight is 383 g/mol. The van der Waals surface area contributed by atoms with E-state index >= 15 is 0 Å². The van der Waals surface area contributed by atoms with E-state index in [2.05, 4.69) is 44.4 Å². The number of benzene rings is 1. The number of imidazole rings is 1. The van der Waals surface area contributed by atoms with Crippen molar-refractivity contribution in [1.82, 2.24) is 24.7 Å². The summed E-state index contributed by atoms with van der Waals surface area (Å²) < 4.78 is 8.21. The fraction of sp³-hybridized carbons (Fsp3) is 0.524. The Hall–Kier alpha value is -2.22. The molecular formula is C21H29N5O2. The van der Waals surface area contributed by atoms with Crippen LogP contribution in [0.1, 0.15) is 18.4 Å². The maximum absolute atomic E-state index is 11.7. The van der Waals surface area contributed by atoms with E-state index in [0.29, 0.717) is 13.2 Å². The number of hydrogen-bond acceptors (Lipinski definition) is 5. The standard InChI is InChI=1S/C21H29N5O2/c1-22-20(27)15-25-12-13-28-21(16-25)6-9-24(10-7-21)14-18-2-4-19(5-3-18)26-11-8-23-17-26/h2-5,8,11,17H,6-7,9-10,12-16H2,1H3,(H,22,27). The molecule has 0 unspecified atom stereocenters. The quantitative estimate of drug-likeness (QED) is 0.843. The number of carbonyl (C=O) groups excluding carboxylic acids is 1. The molecule has 2 aromatic rings. The Labute approximate surface area is 166 Å². The highest BCUT2D eigenvalue weighted by Gasteiger charge is 2.39. The van der Waals surface area contributed by atoms with Crippen LogP contribution in [0, 0.1) is 0 Å². The molecule has 28 heavy (non-hydrogen) atoms. The summed E-state index contributed by atoms with van der Waals surface area (Å²) in [6, 6.07) is 8.68. The molecule has 1 aromatic carbocycles. The molecular weight excluding hydrogens is 354 g/mol. The molecule has 0 saturated carbocycles. The lowest BCUT2D eigenvalue weighted by Gasteiger charge is -2.47. The number of likely N-dealkylation sites (tertiary alicyclic amines) is 1. The lowest BCUT2D eigenvalue weighted by atomic mass is 9.89. The van der Waals surface area contributed by atoms with Crippen LogP contribution in [-0.4, -0.2) is 77.2 Å². The smallest absolute Gasteiger partial charge is 0.233 e. The predicted octanol–water partition coefficient (Wildman–Crippen LogP) is 1.29. The van der Waals surface area contributed by atoms with Gasteiger partial charge in [-0.2, -0.15) is 0 Å². The van der Waals surface area contributed by atoms with Gasteiger partial charge in [-0.15, -0.1) is 0 Å². The van der Waals surface area contributed by atoms with Gasteiger partial charge in [0.25, 0.3) is 0 Å². The maximum atomic E-state index is 11.7. The minimum atomic E-state index is -0.0892. The number of morpholine rings is 1. The number of rotatable bonds is 5. The van der Waals surface area contributed by atoms with Gasteiger partial charge in [-0.25, -0.2) is 4.98 Å². The molecule has 1 aromatic heterocycles. The summed E-state index contributed by atoms with van der Waals surface area (Å²) >= 11 is 0. The fourth-order valence-corrected chi connectivity index (χ4v) is 4.21. The Kier molecular flexibility index (Phi) is 5.75. The van der Waals surface area contributed by atoms with E-state index in [1.165, 1.54) is 5.56 Å². The Bertz CT molecular complexity index is 767. The van der Waals surface area contributed by atoms with Crippen molar-refractivity contribution in [3.8, 4) is 5.69 Å². The first-order valence-electron chi connectivity index (χ1n) is 10.0. The van der Waals surface area contributed by atoms with Gasteiger partial charge in [-0.1, -0.05) is 12.1 Å². The Morgan fingerprint density at radius 2 is 1.96 bits per heavy atom. The molecule has 1 spiro atoms. The summed E-state index contributed by atoms with van der Waals surface area (Å²) in [6.07, 6.45) is 7.60. The van der Waals surface area contributed by atoms with Crippen molar-refractivity contribution in [3.63, 3.8) is 0 Å². The van der Waals surface area contributed by atoms with E-state index in [-0.39, 0.29) is 11.5 Å². The van der Waals surface area contributed by atoms with Crippen molar-refractivity contribution in [2.24, 2.45) is 0 Å². The average Bonchev–Trinajstić information content (AvgIpc) is 3.25. The number of nitrogens with zero attached hydrogens (tertiary/aromatic N) is 4. The van der Waals surface area contributed by atoms with Gasteiger partial charge < -0.3 is 14.6 Å². The van der Waals surface area contributed by atoms with Crippen molar-refractivity contribution in [1.29, 1.82) is 0 Å². The van der Waals surface area contributed by atoms with Crippen LogP contribution in [0.2, 0.25) is 0 Å². The highest BCUT2D eigenvalue weighted by molar-refractivity contribution is 5.77. The van der Waals surface area contributed by atoms with Gasteiger partial charge in [0.05, 0.1) is 25.1 Å². The first-order chi connectivity index (χ1) is 13.7. The molecule has 150 valence electrons. The topological polar surface area (TPSA) is 62.6 Å². The second-order valence-electron chi connectivity index (χ2n) is 7.83. The zero-order valence-electron chi connectivity index (χ0n) is 16.5. The Balaban J connectivity index is 1.30. The molecule has 2 saturated heterocycles. The van der Waals surface area contributed by atoms with Gasteiger partial charge in [0.2, 0.25) is 5.91 Å². The van der Waals surface area contributed by atoms with E-state index in [4.69, 9.17) is 4.74 Å². The summed E-state index contributed by atoms with van der Waals surface area (Å²) in [4.78, 5) is 20.5. The largest absolute Gasteiger partial charge is 0.372 e. The number of carbonyl (C=O) groups is 1. The Morgan fingerprint density at radius 1 is 1.18 bits per heavy atom. The molecule has 7 heteroatoms. The van der Waals surface area contributed by atoms with Gasteiger partial charge in [0, 0.05) is 57.9 Å². The van der Waals surface area contributed by atoms with E-state index in [0.717, 1.165) is 51.3 Å². The molecule has 1 amide bonds. The molecule has 0 atom stereocenters. The molecule has 0 bridgehead atoms. The second-order valence-corrected chi connectivity index (χ2v) is 7.83. The molecule has 2 aliphatic heterocycles. The maximum Gasteiger partial charge on any atom is 0.233 e. The highest BCUT2D eigenvalue weighted by Crippen LogP contribution is 2.30. The summed E-state index contributed by atoms with van der Waals surface area (Å²) in [7, 11) is 1.69. The lowest BCUT2D eigenvalue weighted by molar-refractivity contribution is -0.143. The summed E-state index contributed by atoms with van der Waals surface area (Å²) in [5.41, 5.74) is 2.37. The fourth-order valence-electron chi connectivity index (χ4n) is 4.21. The zero-order chi connectivity index (χ0) is 19.4. The lowest BCUT2D eigenvalue weighted by Crippen LogP contribution is -2.57. The third kappa shape index (κ3) is 4.43. The van der Waals surface area contributed by atoms with Crippen LogP contribution in [0.5, 0.6) is 0 Å². The van der Waals surface area contributed by atoms with Crippen LogP contribution in [0.3, 0.4) is 0 Å². The molecule has 3 heterocycles. The van der Waals surface area contributed by atoms with Crippen LogP contribution in [0.4, 0.5) is 0 Å². The second kappa shape index (κ2) is 8.43. The molecule has 7 nitrogen and oxygen atoms in total. The van der Waals surface area contributed by atoms with Crippen molar-refractivity contribution >= 4 is 5.91 Å². The predicted molar refractivity (Wildman–Crippen MR) is 107 cm³/mol. The van der Waals surface area contributed by atoms with Crippen molar-refractivity contribution in [3.05, 3.63) is 48.5 Å². The molecule has 0 radical (unpaired) electrons. The number of ether oxygens (including phenoxy) is 1. The molecule has 2 aliphatic rings. The van der Waals surface area contributed by atoms with Crippen molar-refractivity contribution in [2.75, 3.05) is 46.4 Å². The van der Waals surface area contributed by atoms with Gasteiger partial charge >= 0.3 is 0 Å². The van der Waals surface area contributed by atoms with Crippen molar-refractivity contribution in [2.45, 2.75) is 25.0 Å². The van der Waals surface area contributed by atoms with Crippen LogP contribution in [-0.2, 0) is 16.1 Å². The van der Waals surface area contributed by atoms with Crippen LogP contribution in [0.15, 0.2) is 43.0 Å². The van der Waals surface area contributed by atoms with Crippen LogP contribution >= 0.6 is 0 Å². The number of hydrogen-bond donors (Lipinski definition) is 1. The van der Waals surface area contributed by atoms with Gasteiger partial charge in [-0.05, 0) is 30.5 Å². The minimum absolute atomic E-state index is 0.0774. The van der Waals surface area contributed by atoms with Crippen LogP contribution < -0.4 is 5.32 Å². The number of amides is 1. The molecule has 1 N–H and O–H groups in total. The van der Waals surface area contributed by atoms with Crippen molar-refractivity contribution < 1.29 is 9.53 Å². The normalized spacial score (nSPS) is 20.3. The minimum Gasteiger partial charge on any atom is -0.372 e. The highest BCUT2D eigenvalue weighted by atomic mass is 16.5. The van der Waals surface area contributed by atoms with E-state index in [1.54, 1.807) is 13.2 Å². The first kappa shape index (κ1) is 19.1. The van der Waals surface area contributed by atoms with E-state index in [9.17, 15) is 4.79 Å². The number of piperidine rings is 1. The van der Waals surface area contributed by atoms with Crippen LogP contribution in [0.25, 0.3) is 5.69 Å². The van der Waals surface area contributed by atoms with E-state index < -0.39 is 0 Å². The first-order valence-corrected chi connectivity index (χ1v) is 10.0. The van der Waals surface area contributed by atoms with Gasteiger partial charge in [-0.3, -0.25) is 14.6 Å². The molecule has 2 fully saturated rings. The summed E-state index contributed by atoms with van der Waals surface area (Å²) in [5, 5.41) is 2.72. The van der Waals surface area contributed by atoms with E-state index in [1.807, 2.05) is 17.1 Å². The summed E-state index contributed by atoms with van der Waals surface area (Å²) in [6.45, 7) is 5.88. The molecule has 4 rings (SSSR count). The number of aromatic nitrogens is 2. The van der Waals surface area contributed by atoms with Gasteiger partial charge in [0.1, 0.15) is 0 Å². The monoisotopic (exact) mass is 383 g/mol. The zero-order valence-corrected chi connectivity index (χ0v) is 16.5. The SMILES string of the molecule is CNC(=O)CN1CCOC2(CCN(Cc3ccc(-n4ccnc4)cc3)CC2)C1. The third-order valence-corrected chi connectivity index (χ3v) is 5.89. The number of nitrogens with one attached hydrogen (secondary N) is 1.